The molecule has 212 valence electrons. The summed E-state index contributed by atoms with van der Waals surface area (Å²) in [5.74, 6) is -0.278. The van der Waals surface area contributed by atoms with Crippen molar-refractivity contribution in [2.24, 2.45) is 0 Å². The molecule has 9 nitrogen and oxygen atoms in total. The van der Waals surface area contributed by atoms with Crippen molar-refractivity contribution in [3.05, 3.63) is 95.9 Å². The Bertz CT molecular complexity index is 1530. The first-order valence-electron chi connectivity index (χ1n) is 11.8. The van der Waals surface area contributed by atoms with Crippen LogP contribution < -0.4 is 25.4 Å². The number of methoxy groups -OCH3 is 1. The summed E-state index contributed by atoms with van der Waals surface area (Å²) in [7, 11) is 1.29. The van der Waals surface area contributed by atoms with Gasteiger partial charge >= 0.3 is 12.2 Å². The Hall–Kier alpha value is -5.17. The van der Waals surface area contributed by atoms with Crippen molar-refractivity contribution in [3.8, 4) is 23.0 Å². The monoisotopic (exact) mass is 569 g/mol. The van der Waals surface area contributed by atoms with Crippen LogP contribution in [0.4, 0.5) is 39.5 Å². The van der Waals surface area contributed by atoms with Gasteiger partial charge in [-0.05, 0) is 72.8 Å². The lowest BCUT2D eigenvalue weighted by atomic mass is 10.1. The number of halogens is 4. The van der Waals surface area contributed by atoms with Crippen molar-refractivity contribution in [3.63, 3.8) is 0 Å². The summed E-state index contributed by atoms with van der Waals surface area (Å²) in [6.07, 6.45) is -2.38. The molecular weight excluding hydrogens is 546 g/mol. The second kappa shape index (κ2) is 12.3. The summed E-state index contributed by atoms with van der Waals surface area (Å²) in [4.78, 5) is 18.0. The fourth-order valence-corrected chi connectivity index (χ4v) is 3.63. The molecule has 0 saturated carbocycles. The minimum absolute atomic E-state index is 0.00464. The number of amides is 2. The zero-order valence-electron chi connectivity index (χ0n) is 21.4. The molecule has 4 N–H and O–H groups in total. The summed E-state index contributed by atoms with van der Waals surface area (Å²) in [5.41, 5.74) is 5.12. The molecule has 0 atom stereocenters. The van der Waals surface area contributed by atoms with Gasteiger partial charge in [0.15, 0.2) is 0 Å². The number of carbonyl (C=O) groups excluding carboxylic acids is 1. The highest BCUT2D eigenvalue weighted by molar-refractivity contribution is 6.01. The molecule has 0 aliphatic heterocycles. The fraction of sp³-hybridized carbons (Fsp3) is 0.107. The number of aromatic nitrogens is 1. The van der Waals surface area contributed by atoms with Crippen LogP contribution in [-0.4, -0.2) is 31.1 Å². The van der Waals surface area contributed by atoms with Gasteiger partial charge in [0, 0.05) is 30.9 Å². The maximum atomic E-state index is 13.9. The van der Waals surface area contributed by atoms with Crippen molar-refractivity contribution >= 4 is 29.4 Å². The molecule has 0 radical (unpaired) electrons. The van der Waals surface area contributed by atoms with Crippen LogP contribution in [0.2, 0.25) is 0 Å². The molecule has 4 aromatic rings. The Labute approximate surface area is 231 Å². The van der Waals surface area contributed by atoms with E-state index in [0.29, 0.717) is 22.7 Å². The molecule has 1 aromatic heterocycles. The molecule has 0 spiro atoms. The number of nitrogens with two attached hydrogens (primary N) is 1. The Kier molecular flexibility index (Phi) is 8.68. The number of benzene rings is 3. The Morgan fingerprint density at radius 1 is 1.00 bits per heavy atom. The Morgan fingerprint density at radius 3 is 2.24 bits per heavy atom. The molecule has 4 rings (SSSR count). The van der Waals surface area contributed by atoms with Gasteiger partial charge in [-0.3, -0.25) is 4.90 Å². The molecule has 3 aromatic carbocycles. The number of urea groups is 1. The molecule has 41 heavy (non-hydrogen) atoms. The number of nitrogens with zero attached hydrogens (tertiary/aromatic N) is 2. The van der Waals surface area contributed by atoms with Gasteiger partial charge in [0.1, 0.15) is 46.9 Å². The quantitative estimate of drug-likeness (QED) is 0.113. The first kappa shape index (κ1) is 28.8. The van der Waals surface area contributed by atoms with Gasteiger partial charge in [-0.1, -0.05) is 0 Å². The first-order valence-corrected chi connectivity index (χ1v) is 11.8. The van der Waals surface area contributed by atoms with Crippen molar-refractivity contribution in [1.82, 2.24) is 4.98 Å². The van der Waals surface area contributed by atoms with E-state index in [-0.39, 0.29) is 24.0 Å². The lowest BCUT2D eigenvalue weighted by Gasteiger charge is -2.24. The first-order chi connectivity index (χ1) is 19.6. The third-order valence-electron chi connectivity index (χ3n) is 5.58. The van der Waals surface area contributed by atoms with E-state index in [4.69, 9.17) is 25.4 Å². The van der Waals surface area contributed by atoms with Crippen LogP contribution in [0.5, 0.6) is 23.0 Å². The number of rotatable bonds is 9. The maximum absolute atomic E-state index is 13.9. The highest BCUT2D eigenvalue weighted by atomic mass is 19.4. The predicted molar refractivity (Wildman–Crippen MR) is 144 cm³/mol. The van der Waals surface area contributed by atoms with Crippen LogP contribution in [0.25, 0.3) is 0 Å². The fourth-order valence-electron chi connectivity index (χ4n) is 3.63. The molecule has 13 heteroatoms. The molecule has 1 heterocycles. The number of nitrogens with one attached hydrogen (secondary N) is 2. The van der Waals surface area contributed by atoms with Gasteiger partial charge in [-0.15, -0.1) is 0 Å². The van der Waals surface area contributed by atoms with Crippen LogP contribution in [0.15, 0.2) is 79.0 Å². The van der Waals surface area contributed by atoms with Gasteiger partial charge in [-0.25, -0.2) is 14.2 Å². The van der Waals surface area contributed by atoms with E-state index in [9.17, 15) is 22.4 Å². The number of carbonyl (C=O) groups is 1. The average Bonchev–Trinajstić information content (AvgIpc) is 2.94. The highest BCUT2D eigenvalue weighted by Crippen LogP contribution is 2.40. The van der Waals surface area contributed by atoms with Crippen molar-refractivity contribution in [2.75, 3.05) is 29.8 Å². The number of hydrogen-bond acceptors (Lipinski definition) is 7. The van der Waals surface area contributed by atoms with E-state index in [2.05, 4.69) is 10.3 Å². The number of anilines is 3. The van der Waals surface area contributed by atoms with Gasteiger partial charge in [0.2, 0.25) is 0 Å². The Balaban J connectivity index is 1.53. The summed E-state index contributed by atoms with van der Waals surface area (Å²) < 4.78 is 71.1. The number of nitrogen functional groups attached to an aromatic ring is 1. The summed E-state index contributed by atoms with van der Waals surface area (Å²) in [6, 6.07) is 14.5. The van der Waals surface area contributed by atoms with E-state index in [0.717, 1.165) is 35.4 Å². The SMILES string of the molecule is COCN(C(=O)Nc1ccc(Oc2ccnc(N)c2C=N)cc1)c1ccc(Oc2ccc(F)cc2)c(C(F)(F)F)c1. The van der Waals surface area contributed by atoms with Gasteiger partial charge < -0.3 is 30.7 Å². The third-order valence-corrected chi connectivity index (χ3v) is 5.58. The number of ether oxygens (including phenoxy) is 3. The molecular formula is C28H23F4N5O4. The zero-order chi connectivity index (χ0) is 29.6. The largest absolute Gasteiger partial charge is 0.457 e. The second-order valence-corrected chi connectivity index (χ2v) is 8.39. The van der Waals surface area contributed by atoms with Gasteiger partial charge in [-0.2, -0.15) is 13.2 Å². The third kappa shape index (κ3) is 7.08. The predicted octanol–water partition coefficient (Wildman–Crippen LogP) is 7.05. The summed E-state index contributed by atoms with van der Waals surface area (Å²) >= 11 is 0. The molecule has 0 saturated heterocycles. The molecule has 0 bridgehead atoms. The van der Waals surface area contributed by atoms with E-state index in [1.165, 1.54) is 43.6 Å². The van der Waals surface area contributed by atoms with Crippen LogP contribution in [0, 0.1) is 11.2 Å². The zero-order valence-corrected chi connectivity index (χ0v) is 21.4. The van der Waals surface area contributed by atoms with Gasteiger partial charge in [0.05, 0.1) is 5.56 Å². The van der Waals surface area contributed by atoms with Crippen molar-refractivity contribution < 1.29 is 36.6 Å². The van der Waals surface area contributed by atoms with Crippen LogP contribution in [0.3, 0.4) is 0 Å². The van der Waals surface area contributed by atoms with Gasteiger partial charge in [0.25, 0.3) is 0 Å². The number of pyridine rings is 1. The molecule has 0 unspecified atom stereocenters. The minimum Gasteiger partial charge on any atom is -0.457 e. The van der Waals surface area contributed by atoms with E-state index in [1.54, 1.807) is 18.2 Å². The topological polar surface area (TPSA) is 123 Å². The summed E-state index contributed by atoms with van der Waals surface area (Å²) in [5, 5.41) is 10.1. The standard InChI is InChI=1S/C28H23F4N5O4/c1-39-16-37(19-6-11-25(23(14-19)28(30,31)32)41-20-7-2-17(29)3-8-20)27(38)36-18-4-9-21(10-5-18)40-24-12-13-35-26(34)22(24)15-33/h2-15,33H,16H2,1H3,(H2,34,35)(H,36,38). The molecule has 0 aliphatic carbocycles. The second-order valence-electron chi connectivity index (χ2n) is 8.39. The van der Waals surface area contributed by atoms with Crippen molar-refractivity contribution in [2.45, 2.75) is 6.18 Å². The molecule has 0 fully saturated rings. The lowest BCUT2D eigenvalue weighted by molar-refractivity contribution is -0.138. The van der Waals surface area contributed by atoms with E-state index >= 15 is 0 Å². The van der Waals surface area contributed by atoms with E-state index < -0.39 is 29.3 Å². The maximum Gasteiger partial charge on any atom is 0.420 e. The molecule has 2 amide bonds. The van der Waals surface area contributed by atoms with Crippen LogP contribution in [0.1, 0.15) is 11.1 Å². The smallest absolute Gasteiger partial charge is 0.420 e. The van der Waals surface area contributed by atoms with Crippen molar-refractivity contribution in [1.29, 1.82) is 5.41 Å². The van der Waals surface area contributed by atoms with Crippen LogP contribution >= 0.6 is 0 Å². The highest BCUT2D eigenvalue weighted by Gasteiger charge is 2.36. The van der Waals surface area contributed by atoms with Crippen LogP contribution in [-0.2, 0) is 10.9 Å². The number of hydrogen-bond donors (Lipinski definition) is 3. The lowest BCUT2D eigenvalue weighted by Crippen LogP contribution is -2.36. The normalized spacial score (nSPS) is 11.0. The Morgan fingerprint density at radius 2 is 1.63 bits per heavy atom. The minimum atomic E-state index is -4.83. The van der Waals surface area contributed by atoms with E-state index in [1.807, 2.05) is 0 Å². The number of alkyl halides is 3. The summed E-state index contributed by atoms with van der Waals surface area (Å²) in [6.45, 7) is -0.363. The molecule has 0 aliphatic rings. The average molecular weight is 570 g/mol.